The summed E-state index contributed by atoms with van der Waals surface area (Å²) in [5, 5.41) is 37.4. The maximum Gasteiger partial charge on any atom is 0.326 e. The second-order valence-corrected chi connectivity index (χ2v) is 18.1. The smallest absolute Gasteiger partial charge is 0.326 e. The summed E-state index contributed by atoms with van der Waals surface area (Å²) in [5.74, 6) is -8.26. The van der Waals surface area contributed by atoms with Crippen molar-refractivity contribution < 1.29 is 48.6 Å². The summed E-state index contributed by atoms with van der Waals surface area (Å²) < 4.78 is 0. The Labute approximate surface area is 436 Å². The van der Waals surface area contributed by atoms with E-state index in [-0.39, 0.29) is 114 Å². The Hall–Kier alpha value is -6.98. The molecule has 0 aliphatic heterocycles. The van der Waals surface area contributed by atoms with E-state index in [4.69, 9.17) is 45.9 Å². The van der Waals surface area contributed by atoms with E-state index in [2.05, 4.69) is 64.8 Å². The molecule has 0 aromatic heterocycles. The summed E-state index contributed by atoms with van der Waals surface area (Å²) >= 11 is 4.22. The molecule has 1 aromatic rings. The molecule has 0 unspecified atom stereocenters. The highest BCUT2D eigenvalue weighted by molar-refractivity contribution is 7.80. The van der Waals surface area contributed by atoms with E-state index in [1.54, 1.807) is 30.3 Å². The molecule has 0 heterocycles. The lowest BCUT2D eigenvalue weighted by molar-refractivity contribution is -0.142. The van der Waals surface area contributed by atoms with Crippen molar-refractivity contribution in [2.75, 3.05) is 38.5 Å². The summed E-state index contributed by atoms with van der Waals surface area (Å²) in [6, 6.07) is -2.16. The number of hydrogen-bond acceptors (Lipinski definition) is 15. The van der Waals surface area contributed by atoms with Crippen molar-refractivity contribution in [1.82, 2.24) is 37.2 Å². The first-order valence-corrected chi connectivity index (χ1v) is 24.9. The third-order valence-corrected chi connectivity index (χ3v) is 11.3. The molecular weight excluding hydrogens is 985 g/mol. The Kier molecular flexibility index (Phi) is 31.7. The standard InChI is InChI=1S/C45H80N18O10S/c1-25(2)21-32(61-35(65)27(47)23-64)40(70)60-28(13-6-7-17-46)36(66)57-29(14-8-18-54-43(48)49)37(67)58-30(15-9-19-55-44(50)51)38(68)59-31(16-10-20-56-45(52)53)39(69)63-34(24-74)41(71)62-33(42(72)73)22-26-11-4-3-5-12-26/h3-5,11-12,25,27-34,64,74H,6-10,13-24,46-47H2,1-2H3,(H,57,66)(H,58,67)(H,59,68)(H,60,70)(H,61,65)(H,62,71)(H,63,69)(H,72,73)(H4,48,49,54)(H4,50,51,55)(H4,52,53,56)/t27-,28-,29-,30-,31-,32-,33-,34-/m0/s1. The fourth-order valence-corrected chi connectivity index (χ4v) is 7.28. The number of hydrogen-bond donors (Lipinski definition) is 18. The van der Waals surface area contributed by atoms with E-state index in [0.717, 1.165) is 0 Å². The number of unbranched alkanes of at least 4 members (excludes halogenated alkanes) is 1. The van der Waals surface area contributed by atoms with Gasteiger partial charge in [0.05, 0.1) is 6.61 Å². The van der Waals surface area contributed by atoms with Gasteiger partial charge >= 0.3 is 5.97 Å². The molecule has 0 aliphatic carbocycles. The van der Waals surface area contributed by atoms with Gasteiger partial charge < -0.3 is 93.3 Å². The molecule has 29 heteroatoms. The van der Waals surface area contributed by atoms with Crippen LogP contribution in [-0.4, -0.2) is 162 Å². The monoisotopic (exact) mass is 1060 g/mol. The summed E-state index contributed by atoms with van der Waals surface area (Å²) in [6.45, 7) is 3.26. The van der Waals surface area contributed by atoms with Gasteiger partial charge in [0.2, 0.25) is 41.4 Å². The van der Waals surface area contributed by atoms with Crippen LogP contribution in [0.15, 0.2) is 45.3 Å². The first-order chi connectivity index (χ1) is 35.0. The van der Waals surface area contributed by atoms with Crippen LogP contribution in [0.5, 0.6) is 0 Å². The average molecular weight is 1070 g/mol. The highest BCUT2D eigenvalue weighted by atomic mass is 32.1. The van der Waals surface area contributed by atoms with Gasteiger partial charge in [-0.3, -0.25) is 48.5 Å². The minimum atomic E-state index is -1.43. The summed E-state index contributed by atoms with van der Waals surface area (Å²) in [6.07, 6.45) is 1.01. The quantitative estimate of drug-likeness (QED) is 0.0128. The number of amides is 7. The van der Waals surface area contributed by atoms with Crippen LogP contribution >= 0.6 is 12.6 Å². The van der Waals surface area contributed by atoms with Crippen LogP contribution in [0, 0.1) is 5.92 Å². The number of nitrogens with one attached hydrogen (secondary N) is 7. The molecule has 0 fully saturated rings. The van der Waals surface area contributed by atoms with Crippen LogP contribution in [0.4, 0.5) is 0 Å². The number of aliphatic hydroxyl groups is 1. The van der Waals surface area contributed by atoms with Crippen molar-refractivity contribution in [2.24, 2.45) is 66.8 Å². The third-order valence-electron chi connectivity index (χ3n) is 10.9. The number of carbonyl (C=O) groups excluding carboxylic acids is 7. The van der Waals surface area contributed by atoms with E-state index < -0.39 is 102 Å². The van der Waals surface area contributed by atoms with Crippen molar-refractivity contribution in [2.45, 2.75) is 133 Å². The number of aliphatic carboxylic acids is 1. The predicted octanol–water partition coefficient (Wildman–Crippen LogP) is -5.71. The Morgan fingerprint density at radius 1 is 0.527 bits per heavy atom. The van der Waals surface area contributed by atoms with Gasteiger partial charge in [0, 0.05) is 31.8 Å². The van der Waals surface area contributed by atoms with Crippen LogP contribution in [-0.2, 0) is 44.8 Å². The molecule has 28 nitrogen and oxygen atoms in total. The first kappa shape index (κ1) is 65.0. The van der Waals surface area contributed by atoms with E-state index in [9.17, 15) is 48.6 Å². The van der Waals surface area contributed by atoms with E-state index in [1.165, 1.54) is 0 Å². The van der Waals surface area contributed by atoms with Crippen LogP contribution in [0.1, 0.15) is 83.6 Å². The normalized spacial score (nSPS) is 14.1. The lowest BCUT2D eigenvalue weighted by atomic mass is 10.0. The molecule has 416 valence electrons. The Morgan fingerprint density at radius 2 is 0.878 bits per heavy atom. The van der Waals surface area contributed by atoms with E-state index in [1.807, 2.05) is 13.8 Å². The van der Waals surface area contributed by atoms with Crippen molar-refractivity contribution in [3.05, 3.63) is 35.9 Å². The molecular formula is C45H80N18O10S. The number of aliphatic imine (C=N–C) groups is 3. The summed E-state index contributed by atoms with van der Waals surface area (Å²) in [7, 11) is 0. The van der Waals surface area contributed by atoms with Crippen molar-refractivity contribution in [3.8, 4) is 0 Å². The average Bonchev–Trinajstić information content (AvgIpc) is 3.34. The highest BCUT2D eigenvalue weighted by Crippen LogP contribution is 2.11. The largest absolute Gasteiger partial charge is 0.480 e. The predicted molar refractivity (Wildman–Crippen MR) is 282 cm³/mol. The zero-order valence-corrected chi connectivity index (χ0v) is 43.1. The lowest BCUT2D eigenvalue weighted by Gasteiger charge is -2.28. The maximum absolute atomic E-state index is 14.4. The fourth-order valence-electron chi connectivity index (χ4n) is 7.02. The molecule has 0 aliphatic rings. The number of nitrogens with two attached hydrogens (primary N) is 8. The molecule has 1 aromatic carbocycles. The lowest BCUT2D eigenvalue weighted by Crippen LogP contribution is -2.60. The van der Waals surface area contributed by atoms with Gasteiger partial charge in [0.15, 0.2) is 17.9 Å². The van der Waals surface area contributed by atoms with Gasteiger partial charge in [0.1, 0.15) is 48.3 Å². The van der Waals surface area contributed by atoms with Crippen LogP contribution < -0.4 is 83.1 Å². The number of carbonyl (C=O) groups is 8. The number of aliphatic hydroxyl groups excluding tert-OH is 1. The van der Waals surface area contributed by atoms with Gasteiger partial charge in [-0.15, -0.1) is 0 Å². The molecule has 0 radical (unpaired) electrons. The number of guanidine groups is 3. The molecule has 8 atom stereocenters. The first-order valence-electron chi connectivity index (χ1n) is 24.3. The Balaban J connectivity index is 3.62. The number of benzene rings is 1. The van der Waals surface area contributed by atoms with E-state index in [0.29, 0.717) is 18.4 Å². The third kappa shape index (κ3) is 27.2. The Morgan fingerprint density at radius 3 is 1.23 bits per heavy atom. The highest BCUT2D eigenvalue weighted by Gasteiger charge is 2.34. The van der Waals surface area contributed by atoms with Crippen molar-refractivity contribution >= 4 is 77.8 Å². The number of carboxylic acids is 1. The SMILES string of the molecule is CC(C)C[C@H](NC(=O)[C@@H](N)CO)C(=O)N[C@@H](CCCCN)C(=O)N[C@@H](CCCN=C(N)N)C(=O)N[C@@H](CCCN=C(N)N)C(=O)N[C@@H](CCCN=C(N)N)C(=O)N[C@@H](CS)C(=O)N[C@@H](Cc1ccccc1)C(=O)O. The minimum absolute atomic E-state index is 0.0117. The maximum atomic E-state index is 14.4. The van der Waals surface area contributed by atoms with Gasteiger partial charge in [-0.05, 0) is 82.2 Å². The number of rotatable bonds is 37. The summed E-state index contributed by atoms with van der Waals surface area (Å²) in [4.78, 5) is 121. The molecule has 7 amide bonds. The Bertz CT molecular complexity index is 2040. The second kappa shape index (κ2) is 36.0. The van der Waals surface area contributed by atoms with Crippen molar-refractivity contribution in [3.63, 3.8) is 0 Å². The van der Waals surface area contributed by atoms with Crippen LogP contribution in [0.2, 0.25) is 0 Å². The van der Waals surface area contributed by atoms with Gasteiger partial charge in [-0.25, -0.2) is 4.79 Å². The second-order valence-electron chi connectivity index (χ2n) is 17.7. The minimum Gasteiger partial charge on any atom is -0.480 e. The van der Waals surface area contributed by atoms with Crippen LogP contribution in [0.3, 0.4) is 0 Å². The molecule has 0 saturated heterocycles. The zero-order chi connectivity index (χ0) is 55.8. The van der Waals surface area contributed by atoms with E-state index >= 15 is 0 Å². The number of carboxylic acid groups (broad SMARTS) is 1. The molecule has 74 heavy (non-hydrogen) atoms. The van der Waals surface area contributed by atoms with Gasteiger partial charge in [0.25, 0.3) is 0 Å². The molecule has 0 bridgehead atoms. The van der Waals surface area contributed by atoms with Crippen molar-refractivity contribution in [1.29, 1.82) is 0 Å². The molecule has 0 saturated carbocycles. The van der Waals surface area contributed by atoms with Crippen LogP contribution in [0.25, 0.3) is 0 Å². The molecule has 1 rings (SSSR count). The molecule has 0 spiro atoms. The summed E-state index contributed by atoms with van der Waals surface area (Å²) in [5.41, 5.74) is 45.1. The number of nitrogens with zero attached hydrogens (tertiary/aromatic N) is 3. The number of thiol groups is 1. The topological polar surface area (TPSA) is 506 Å². The fraction of sp³-hybridized carbons (Fsp3) is 0.622. The van der Waals surface area contributed by atoms with Gasteiger partial charge in [-0.2, -0.15) is 12.6 Å². The zero-order valence-electron chi connectivity index (χ0n) is 42.2. The van der Waals surface area contributed by atoms with Gasteiger partial charge in [-0.1, -0.05) is 44.2 Å². The molecule has 25 N–H and O–H groups in total.